The molecule has 0 bridgehead atoms. The Morgan fingerprint density at radius 1 is 1.38 bits per heavy atom. The molecule has 0 aromatic carbocycles. The van der Waals surface area contributed by atoms with E-state index in [1.165, 1.54) is 0 Å². The molecule has 0 aliphatic heterocycles. The van der Waals surface area contributed by atoms with Gasteiger partial charge in [0.05, 0.1) is 4.87 Å². The molecule has 1 nitrogen and oxygen atoms in total. The normalized spacial score (nSPS) is 12.8. The Kier molecular flexibility index (Phi) is 2.78. The molecule has 0 saturated carbocycles. The maximum absolute atomic E-state index is 5.89. The van der Waals surface area contributed by atoms with Gasteiger partial charge in [-0.25, -0.2) is 0 Å². The van der Waals surface area contributed by atoms with E-state index in [4.69, 9.17) is 11.6 Å². The number of alkyl halides is 1. The van der Waals surface area contributed by atoms with Gasteiger partial charge in [-0.1, -0.05) is 0 Å². The van der Waals surface area contributed by atoms with Crippen LogP contribution in [0.4, 0.5) is 0 Å². The van der Waals surface area contributed by atoms with Crippen LogP contribution in [0.1, 0.15) is 13.8 Å². The lowest BCUT2D eigenvalue weighted by molar-refractivity contribution is 0.369. The van der Waals surface area contributed by atoms with Crippen molar-refractivity contribution < 1.29 is 0 Å². The largest absolute Gasteiger partial charge is 0.308 e. The Balaban J connectivity index is 3.39. The summed E-state index contributed by atoms with van der Waals surface area (Å²) in [5.41, 5.74) is 0. The second-order valence-corrected chi connectivity index (χ2v) is 3.98. The molecule has 0 radical (unpaired) electrons. The van der Waals surface area contributed by atoms with E-state index in [9.17, 15) is 0 Å². The van der Waals surface area contributed by atoms with Crippen LogP contribution < -0.4 is 0 Å². The van der Waals surface area contributed by atoms with E-state index >= 15 is 0 Å². The van der Waals surface area contributed by atoms with Crippen LogP contribution in [0.2, 0.25) is 0 Å². The Morgan fingerprint density at radius 2 is 1.75 bits per heavy atom. The molecule has 2 heteroatoms. The quantitative estimate of drug-likeness (QED) is 0.520. The highest BCUT2D eigenvalue weighted by Crippen LogP contribution is 2.11. The van der Waals surface area contributed by atoms with Crippen molar-refractivity contribution in [3.8, 4) is 0 Å². The van der Waals surface area contributed by atoms with E-state index in [1.54, 1.807) is 0 Å². The Bertz CT molecular complexity index is 63.4. The molecule has 0 unspecified atom stereocenters. The van der Waals surface area contributed by atoms with Crippen molar-refractivity contribution >= 4 is 11.6 Å². The first-order valence-electron chi connectivity index (χ1n) is 2.75. The summed E-state index contributed by atoms with van der Waals surface area (Å²) in [6.07, 6.45) is 0. The van der Waals surface area contributed by atoms with Crippen molar-refractivity contribution in [1.82, 2.24) is 4.90 Å². The predicted molar refractivity (Wildman–Crippen MR) is 38.5 cm³/mol. The summed E-state index contributed by atoms with van der Waals surface area (Å²) in [7, 11) is 4.04. The summed E-state index contributed by atoms with van der Waals surface area (Å²) in [5, 5.41) is 0. The zero-order valence-electron chi connectivity index (χ0n) is 6.03. The zero-order chi connectivity index (χ0) is 6.78. The molecular formula is C6H14ClN. The second kappa shape index (κ2) is 2.70. The van der Waals surface area contributed by atoms with Gasteiger partial charge in [0.2, 0.25) is 0 Å². The van der Waals surface area contributed by atoms with E-state index in [-0.39, 0.29) is 4.87 Å². The highest BCUT2D eigenvalue weighted by atomic mass is 35.5. The fourth-order valence-corrected chi connectivity index (χ4v) is 0.991. The lowest BCUT2D eigenvalue weighted by atomic mass is 10.2. The maximum atomic E-state index is 5.89. The molecule has 0 aromatic rings. The molecule has 0 fully saturated rings. The van der Waals surface area contributed by atoms with Crippen molar-refractivity contribution in [1.29, 1.82) is 0 Å². The van der Waals surface area contributed by atoms with Gasteiger partial charge in [-0.3, -0.25) is 0 Å². The molecule has 0 atom stereocenters. The van der Waals surface area contributed by atoms with Crippen LogP contribution in [-0.4, -0.2) is 30.4 Å². The lowest BCUT2D eigenvalue weighted by Gasteiger charge is -2.20. The minimum Gasteiger partial charge on any atom is -0.308 e. The lowest BCUT2D eigenvalue weighted by Crippen LogP contribution is -2.28. The Labute approximate surface area is 56.6 Å². The average molecular weight is 136 g/mol. The molecule has 0 heterocycles. The third-order valence-electron chi connectivity index (χ3n) is 0.692. The number of rotatable bonds is 2. The molecular weight excluding hydrogens is 122 g/mol. The van der Waals surface area contributed by atoms with Crippen LogP contribution in [0.5, 0.6) is 0 Å². The van der Waals surface area contributed by atoms with Gasteiger partial charge in [0, 0.05) is 6.54 Å². The smallest absolute Gasteiger partial charge is 0.0517 e. The van der Waals surface area contributed by atoms with Gasteiger partial charge in [-0.2, -0.15) is 0 Å². The number of hydrogen-bond donors (Lipinski definition) is 0. The van der Waals surface area contributed by atoms with Crippen molar-refractivity contribution in [3.05, 3.63) is 0 Å². The van der Waals surface area contributed by atoms with Crippen molar-refractivity contribution in [3.63, 3.8) is 0 Å². The Morgan fingerprint density at radius 3 is 1.75 bits per heavy atom. The summed E-state index contributed by atoms with van der Waals surface area (Å²) >= 11 is 5.89. The third-order valence-corrected chi connectivity index (χ3v) is 0.812. The highest BCUT2D eigenvalue weighted by Gasteiger charge is 2.12. The molecule has 0 spiro atoms. The van der Waals surface area contributed by atoms with E-state index in [1.807, 2.05) is 27.9 Å². The zero-order valence-corrected chi connectivity index (χ0v) is 6.79. The summed E-state index contributed by atoms with van der Waals surface area (Å²) in [6.45, 7) is 4.94. The van der Waals surface area contributed by atoms with Crippen LogP contribution in [0, 0.1) is 0 Å². The van der Waals surface area contributed by atoms with Gasteiger partial charge in [0.25, 0.3) is 0 Å². The minimum absolute atomic E-state index is 0.0799. The van der Waals surface area contributed by atoms with Gasteiger partial charge in [0.1, 0.15) is 0 Å². The van der Waals surface area contributed by atoms with E-state index in [0.29, 0.717) is 0 Å². The molecule has 50 valence electrons. The van der Waals surface area contributed by atoms with Gasteiger partial charge >= 0.3 is 0 Å². The van der Waals surface area contributed by atoms with Gasteiger partial charge in [-0.05, 0) is 27.9 Å². The van der Waals surface area contributed by atoms with Crippen LogP contribution in [0.25, 0.3) is 0 Å². The maximum Gasteiger partial charge on any atom is 0.0517 e. The molecule has 0 rings (SSSR count). The van der Waals surface area contributed by atoms with E-state index < -0.39 is 0 Å². The molecule has 0 aliphatic carbocycles. The fourth-order valence-electron chi connectivity index (χ4n) is 0.752. The molecule has 0 N–H and O–H groups in total. The standard InChI is InChI=1S/C6H14ClN/c1-6(2,7)5-8(3)4/h5H2,1-4H3. The molecule has 0 amide bonds. The monoisotopic (exact) mass is 135 g/mol. The number of nitrogens with zero attached hydrogens (tertiary/aromatic N) is 1. The van der Waals surface area contributed by atoms with Crippen molar-refractivity contribution in [2.24, 2.45) is 0 Å². The van der Waals surface area contributed by atoms with E-state index in [2.05, 4.69) is 4.90 Å². The average Bonchev–Trinajstić information content (AvgIpc) is 1.21. The van der Waals surface area contributed by atoms with Crippen LogP contribution in [0.3, 0.4) is 0 Å². The fraction of sp³-hybridized carbons (Fsp3) is 1.00. The van der Waals surface area contributed by atoms with Crippen molar-refractivity contribution in [2.75, 3.05) is 20.6 Å². The predicted octanol–water partition coefficient (Wildman–Crippen LogP) is 1.57. The first kappa shape index (κ1) is 8.25. The summed E-state index contributed by atoms with van der Waals surface area (Å²) < 4.78 is 0. The number of halogens is 1. The van der Waals surface area contributed by atoms with Crippen LogP contribution >= 0.6 is 11.6 Å². The highest BCUT2D eigenvalue weighted by molar-refractivity contribution is 6.23. The SMILES string of the molecule is CN(C)CC(C)(C)Cl. The summed E-state index contributed by atoms with van der Waals surface area (Å²) in [4.78, 5) is 2.00. The molecule has 8 heavy (non-hydrogen) atoms. The Hall–Kier alpha value is 0.250. The van der Waals surface area contributed by atoms with Crippen LogP contribution in [-0.2, 0) is 0 Å². The second-order valence-electron chi connectivity index (χ2n) is 2.96. The summed E-state index contributed by atoms with van der Waals surface area (Å²) in [6, 6.07) is 0. The van der Waals surface area contributed by atoms with Crippen LogP contribution in [0.15, 0.2) is 0 Å². The first-order valence-corrected chi connectivity index (χ1v) is 3.13. The number of hydrogen-bond acceptors (Lipinski definition) is 1. The molecule has 0 aromatic heterocycles. The first-order chi connectivity index (χ1) is 3.42. The van der Waals surface area contributed by atoms with Gasteiger partial charge in [0.15, 0.2) is 0 Å². The van der Waals surface area contributed by atoms with Crippen molar-refractivity contribution in [2.45, 2.75) is 18.7 Å². The summed E-state index contributed by atoms with van der Waals surface area (Å²) in [5.74, 6) is 0. The third kappa shape index (κ3) is 6.25. The molecule has 0 aliphatic rings. The molecule has 0 saturated heterocycles. The van der Waals surface area contributed by atoms with Gasteiger partial charge < -0.3 is 4.90 Å². The minimum atomic E-state index is -0.0799. The van der Waals surface area contributed by atoms with E-state index in [0.717, 1.165) is 6.54 Å². The topological polar surface area (TPSA) is 3.24 Å². The van der Waals surface area contributed by atoms with Gasteiger partial charge in [-0.15, -0.1) is 11.6 Å².